The first-order valence-corrected chi connectivity index (χ1v) is 6.14. The molecule has 0 N–H and O–H groups in total. The smallest absolute Gasteiger partial charge is 0.0671 e. The van der Waals surface area contributed by atoms with Crippen LogP contribution in [0.3, 0.4) is 0 Å². The van der Waals surface area contributed by atoms with E-state index in [1.807, 2.05) is 0 Å². The van der Waals surface area contributed by atoms with Gasteiger partial charge < -0.3 is 4.74 Å². The second kappa shape index (κ2) is 3.60. The number of alkyl halides is 1. The highest BCUT2D eigenvalue weighted by Gasteiger charge is 2.35. The molecule has 0 bridgehead atoms. The lowest BCUT2D eigenvalue weighted by Gasteiger charge is -2.23. The van der Waals surface area contributed by atoms with Gasteiger partial charge in [0.15, 0.2) is 0 Å². The Bertz CT molecular complexity index is 124. The third-order valence-electron chi connectivity index (χ3n) is 2.94. The molecule has 3 atom stereocenters. The third-order valence-corrected chi connectivity index (χ3v) is 3.93. The molecule has 2 fully saturated rings. The van der Waals surface area contributed by atoms with Gasteiger partial charge in [-0.2, -0.15) is 0 Å². The SMILES string of the molecule is IC[C@H]1C[C@@H]2CCCC[C@H]2O1. The van der Waals surface area contributed by atoms with Gasteiger partial charge in [-0.05, 0) is 25.2 Å². The van der Waals surface area contributed by atoms with Gasteiger partial charge in [0, 0.05) is 4.43 Å². The van der Waals surface area contributed by atoms with E-state index in [1.165, 1.54) is 36.5 Å². The van der Waals surface area contributed by atoms with Gasteiger partial charge in [-0.1, -0.05) is 35.4 Å². The second-order valence-electron chi connectivity index (χ2n) is 3.73. The van der Waals surface area contributed by atoms with E-state index in [1.54, 1.807) is 0 Å². The number of halogens is 1. The Labute approximate surface area is 82.0 Å². The van der Waals surface area contributed by atoms with Crippen LogP contribution < -0.4 is 0 Å². The zero-order chi connectivity index (χ0) is 7.68. The molecule has 0 aromatic rings. The predicted molar refractivity (Wildman–Crippen MR) is 54.1 cm³/mol. The Morgan fingerprint density at radius 2 is 2.09 bits per heavy atom. The Kier molecular flexibility index (Phi) is 2.72. The molecule has 1 aliphatic carbocycles. The Morgan fingerprint density at radius 3 is 2.82 bits per heavy atom. The molecule has 2 heteroatoms. The van der Waals surface area contributed by atoms with E-state index in [9.17, 15) is 0 Å². The average molecular weight is 266 g/mol. The monoisotopic (exact) mass is 266 g/mol. The van der Waals surface area contributed by atoms with Crippen molar-refractivity contribution in [2.75, 3.05) is 4.43 Å². The summed E-state index contributed by atoms with van der Waals surface area (Å²) in [6, 6.07) is 0. The van der Waals surface area contributed by atoms with Gasteiger partial charge in [-0.15, -0.1) is 0 Å². The van der Waals surface area contributed by atoms with Gasteiger partial charge in [-0.25, -0.2) is 0 Å². The van der Waals surface area contributed by atoms with Gasteiger partial charge in [0.05, 0.1) is 12.2 Å². The number of ether oxygens (including phenoxy) is 1. The van der Waals surface area contributed by atoms with E-state index in [-0.39, 0.29) is 0 Å². The molecule has 0 spiro atoms. The van der Waals surface area contributed by atoms with Crippen LogP contribution in [0.4, 0.5) is 0 Å². The highest BCUT2D eigenvalue weighted by Crippen LogP contribution is 2.37. The predicted octanol–water partition coefficient (Wildman–Crippen LogP) is 2.77. The maximum atomic E-state index is 5.91. The molecular formula is C9H15IO. The minimum Gasteiger partial charge on any atom is -0.374 e. The first kappa shape index (κ1) is 8.30. The van der Waals surface area contributed by atoms with Crippen molar-refractivity contribution in [2.45, 2.75) is 44.3 Å². The Hall–Kier alpha value is 0.690. The minimum atomic E-state index is 0.587. The van der Waals surface area contributed by atoms with Crippen LogP contribution in [0.1, 0.15) is 32.1 Å². The van der Waals surface area contributed by atoms with E-state index in [2.05, 4.69) is 22.6 Å². The van der Waals surface area contributed by atoms with Gasteiger partial charge >= 0.3 is 0 Å². The summed E-state index contributed by atoms with van der Waals surface area (Å²) in [5.74, 6) is 0.920. The molecule has 11 heavy (non-hydrogen) atoms. The molecule has 1 saturated heterocycles. The highest BCUT2D eigenvalue weighted by atomic mass is 127. The molecule has 1 aliphatic heterocycles. The van der Waals surface area contributed by atoms with Crippen molar-refractivity contribution < 1.29 is 4.74 Å². The average Bonchev–Trinajstić information content (AvgIpc) is 2.46. The van der Waals surface area contributed by atoms with Gasteiger partial charge in [0.2, 0.25) is 0 Å². The maximum absolute atomic E-state index is 5.91. The van der Waals surface area contributed by atoms with E-state index in [0.29, 0.717) is 12.2 Å². The molecule has 2 aliphatic rings. The van der Waals surface area contributed by atoms with Gasteiger partial charge in [0.1, 0.15) is 0 Å². The molecule has 2 rings (SSSR count). The minimum absolute atomic E-state index is 0.587. The highest BCUT2D eigenvalue weighted by molar-refractivity contribution is 14.1. The first-order chi connectivity index (χ1) is 5.40. The van der Waals surface area contributed by atoms with Crippen LogP contribution >= 0.6 is 22.6 Å². The molecule has 0 radical (unpaired) electrons. The topological polar surface area (TPSA) is 9.23 Å². The van der Waals surface area contributed by atoms with Crippen molar-refractivity contribution in [3.63, 3.8) is 0 Å². The molecule has 0 unspecified atom stereocenters. The van der Waals surface area contributed by atoms with Gasteiger partial charge in [0.25, 0.3) is 0 Å². The summed E-state index contributed by atoms with van der Waals surface area (Å²) in [7, 11) is 0. The van der Waals surface area contributed by atoms with E-state index < -0.39 is 0 Å². The van der Waals surface area contributed by atoms with Crippen LogP contribution in [-0.4, -0.2) is 16.6 Å². The van der Waals surface area contributed by atoms with Crippen LogP contribution in [0.5, 0.6) is 0 Å². The normalized spacial score (nSPS) is 43.9. The second-order valence-corrected chi connectivity index (χ2v) is 4.61. The van der Waals surface area contributed by atoms with Crippen LogP contribution in [0.2, 0.25) is 0 Å². The zero-order valence-electron chi connectivity index (χ0n) is 6.76. The van der Waals surface area contributed by atoms with Crippen LogP contribution in [0.15, 0.2) is 0 Å². The van der Waals surface area contributed by atoms with Crippen molar-refractivity contribution in [1.82, 2.24) is 0 Å². The van der Waals surface area contributed by atoms with Crippen molar-refractivity contribution in [3.05, 3.63) is 0 Å². The lowest BCUT2D eigenvalue weighted by atomic mass is 9.86. The Balaban J connectivity index is 1.92. The third kappa shape index (κ3) is 1.72. The number of fused-ring (bicyclic) bond motifs is 1. The van der Waals surface area contributed by atoms with Crippen molar-refractivity contribution in [2.24, 2.45) is 5.92 Å². The fraction of sp³-hybridized carbons (Fsp3) is 1.00. The van der Waals surface area contributed by atoms with Crippen molar-refractivity contribution in [3.8, 4) is 0 Å². The standard InChI is InChI=1S/C9H15IO/c10-6-8-5-7-3-1-2-4-9(7)11-8/h7-9H,1-6H2/t7-,8+,9+/m0/s1. The Morgan fingerprint density at radius 1 is 1.27 bits per heavy atom. The van der Waals surface area contributed by atoms with Crippen LogP contribution in [-0.2, 0) is 4.74 Å². The largest absolute Gasteiger partial charge is 0.374 e. The van der Waals surface area contributed by atoms with E-state index >= 15 is 0 Å². The quantitative estimate of drug-likeness (QED) is 0.524. The molecular weight excluding hydrogens is 251 g/mol. The molecule has 1 saturated carbocycles. The summed E-state index contributed by atoms with van der Waals surface area (Å²) >= 11 is 2.44. The van der Waals surface area contributed by atoms with Crippen LogP contribution in [0.25, 0.3) is 0 Å². The number of rotatable bonds is 1. The maximum Gasteiger partial charge on any atom is 0.0671 e. The summed E-state index contributed by atoms with van der Waals surface area (Å²) in [4.78, 5) is 0. The number of hydrogen-bond donors (Lipinski definition) is 0. The number of hydrogen-bond acceptors (Lipinski definition) is 1. The summed E-state index contributed by atoms with van der Waals surface area (Å²) in [5.41, 5.74) is 0. The first-order valence-electron chi connectivity index (χ1n) is 4.61. The van der Waals surface area contributed by atoms with Crippen molar-refractivity contribution in [1.29, 1.82) is 0 Å². The van der Waals surface area contributed by atoms with Crippen molar-refractivity contribution >= 4 is 22.6 Å². The molecule has 0 amide bonds. The fourth-order valence-corrected chi connectivity index (χ4v) is 2.93. The molecule has 64 valence electrons. The van der Waals surface area contributed by atoms with E-state index in [4.69, 9.17) is 4.74 Å². The summed E-state index contributed by atoms with van der Waals surface area (Å²) in [6.45, 7) is 0. The van der Waals surface area contributed by atoms with Crippen LogP contribution in [0, 0.1) is 5.92 Å². The summed E-state index contributed by atoms with van der Waals surface area (Å²) in [5, 5.41) is 0. The lowest BCUT2D eigenvalue weighted by Crippen LogP contribution is -2.20. The molecule has 0 aromatic carbocycles. The summed E-state index contributed by atoms with van der Waals surface area (Å²) in [6.07, 6.45) is 8.17. The lowest BCUT2D eigenvalue weighted by molar-refractivity contribution is 0.0302. The molecule has 1 nitrogen and oxygen atoms in total. The fourth-order valence-electron chi connectivity index (χ4n) is 2.36. The van der Waals surface area contributed by atoms with Gasteiger partial charge in [-0.3, -0.25) is 0 Å². The summed E-state index contributed by atoms with van der Waals surface area (Å²) < 4.78 is 7.09. The zero-order valence-corrected chi connectivity index (χ0v) is 8.92. The molecule has 1 heterocycles. The molecule has 0 aromatic heterocycles. The van der Waals surface area contributed by atoms with E-state index in [0.717, 1.165) is 5.92 Å².